The van der Waals surface area contributed by atoms with Gasteiger partial charge in [0.2, 0.25) is 8.32 Å². The van der Waals surface area contributed by atoms with Crippen LogP contribution >= 0.6 is 0 Å². The van der Waals surface area contributed by atoms with Gasteiger partial charge in [-0.3, -0.25) is 4.79 Å². The van der Waals surface area contributed by atoms with Crippen LogP contribution in [0.15, 0.2) is 24.3 Å². The SMILES string of the molecule is C[Si](C)(O)c1cccc(C(=O)N2CCC(CNC(=O)O)C2)c1. The molecule has 0 saturated carbocycles. The van der Waals surface area contributed by atoms with Crippen molar-refractivity contribution >= 4 is 25.5 Å². The monoisotopic (exact) mass is 322 g/mol. The van der Waals surface area contributed by atoms with Crippen molar-refractivity contribution in [3.63, 3.8) is 0 Å². The van der Waals surface area contributed by atoms with E-state index in [1.54, 1.807) is 23.1 Å². The molecule has 0 aliphatic carbocycles. The number of hydrogen-bond acceptors (Lipinski definition) is 3. The van der Waals surface area contributed by atoms with Crippen molar-refractivity contribution in [1.82, 2.24) is 10.2 Å². The van der Waals surface area contributed by atoms with Gasteiger partial charge < -0.3 is 20.1 Å². The Balaban J connectivity index is 2.02. The summed E-state index contributed by atoms with van der Waals surface area (Å²) >= 11 is 0. The number of carbonyl (C=O) groups excluding carboxylic acids is 1. The van der Waals surface area contributed by atoms with Crippen molar-refractivity contribution in [2.24, 2.45) is 5.92 Å². The zero-order valence-electron chi connectivity index (χ0n) is 12.9. The predicted octanol–water partition coefficient (Wildman–Crippen LogP) is 0.821. The third-order valence-corrected chi connectivity index (χ3v) is 5.65. The van der Waals surface area contributed by atoms with Crippen molar-refractivity contribution in [3.05, 3.63) is 29.8 Å². The van der Waals surface area contributed by atoms with E-state index in [0.29, 0.717) is 25.2 Å². The fraction of sp³-hybridized carbons (Fsp3) is 0.467. The highest BCUT2D eigenvalue weighted by atomic mass is 28.4. The zero-order chi connectivity index (χ0) is 16.3. The lowest BCUT2D eigenvalue weighted by Crippen LogP contribution is -2.42. The molecule has 1 heterocycles. The smallest absolute Gasteiger partial charge is 0.404 e. The number of nitrogens with one attached hydrogen (secondary N) is 1. The summed E-state index contributed by atoms with van der Waals surface area (Å²) in [5.41, 5.74) is 0.582. The van der Waals surface area contributed by atoms with E-state index in [9.17, 15) is 14.4 Å². The number of likely N-dealkylation sites (tertiary alicyclic amines) is 1. The second kappa shape index (κ2) is 6.49. The molecule has 1 aromatic rings. The number of nitrogens with zero attached hydrogens (tertiary/aromatic N) is 1. The third-order valence-electron chi connectivity index (χ3n) is 3.93. The van der Waals surface area contributed by atoms with E-state index in [1.807, 2.05) is 19.2 Å². The summed E-state index contributed by atoms with van der Waals surface area (Å²) < 4.78 is 0. The Labute approximate surface area is 130 Å². The van der Waals surface area contributed by atoms with Gasteiger partial charge in [0.05, 0.1) is 0 Å². The molecule has 2 amide bonds. The largest absolute Gasteiger partial charge is 0.465 e. The highest BCUT2D eigenvalue weighted by Gasteiger charge is 2.28. The summed E-state index contributed by atoms with van der Waals surface area (Å²) in [5, 5.41) is 11.8. The first-order valence-electron chi connectivity index (χ1n) is 7.36. The van der Waals surface area contributed by atoms with Crippen molar-refractivity contribution < 1.29 is 19.5 Å². The van der Waals surface area contributed by atoms with Gasteiger partial charge in [-0.25, -0.2) is 4.79 Å². The van der Waals surface area contributed by atoms with Crippen LogP contribution in [-0.4, -0.2) is 54.8 Å². The number of amides is 2. The molecule has 1 aliphatic heterocycles. The zero-order valence-corrected chi connectivity index (χ0v) is 13.9. The quantitative estimate of drug-likeness (QED) is 0.716. The predicted molar refractivity (Wildman–Crippen MR) is 85.8 cm³/mol. The first-order chi connectivity index (χ1) is 10.3. The lowest BCUT2D eigenvalue weighted by molar-refractivity contribution is 0.0787. The molecule has 1 aromatic carbocycles. The number of carboxylic acid groups (broad SMARTS) is 1. The molecule has 0 radical (unpaired) electrons. The van der Waals surface area contributed by atoms with Crippen molar-refractivity contribution in [1.29, 1.82) is 0 Å². The topological polar surface area (TPSA) is 89.9 Å². The normalized spacial score (nSPS) is 18.3. The van der Waals surface area contributed by atoms with Crippen LogP contribution in [0.4, 0.5) is 4.79 Å². The van der Waals surface area contributed by atoms with Crippen LogP contribution in [0.2, 0.25) is 13.1 Å². The Hall–Kier alpha value is -1.86. The molecular formula is C15H22N2O4Si. The van der Waals surface area contributed by atoms with Gasteiger partial charge in [0, 0.05) is 25.2 Å². The summed E-state index contributed by atoms with van der Waals surface area (Å²) in [6.45, 7) is 5.20. The van der Waals surface area contributed by atoms with Crippen LogP contribution in [0, 0.1) is 5.92 Å². The Morgan fingerprint density at radius 3 is 2.77 bits per heavy atom. The molecular weight excluding hydrogens is 300 g/mol. The minimum Gasteiger partial charge on any atom is -0.465 e. The highest BCUT2D eigenvalue weighted by Crippen LogP contribution is 2.18. The van der Waals surface area contributed by atoms with Gasteiger partial charge in [0.25, 0.3) is 5.91 Å². The molecule has 1 fully saturated rings. The molecule has 1 aliphatic rings. The Morgan fingerprint density at radius 2 is 2.14 bits per heavy atom. The van der Waals surface area contributed by atoms with E-state index >= 15 is 0 Å². The number of carbonyl (C=O) groups is 2. The maximum Gasteiger partial charge on any atom is 0.404 e. The lowest BCUT2D eigenvalue weighted by atomic mass is 10.1. The van der Waals surface area contributed by atoms with E-state index < -0.39 is 14.4 Å². The Morgan fingerprint density at radius 1 is 1.41 bits per heavy atom. The molecule has 3 N–H and O–H groups in total. The van der Waals surface area contributed by atoms with Crippen LogP contribution in [0.5, 0.6) is 0 Å². The van der Waals surface area contributed by atoms with Crippen molar-refractivity contribution in [2.75, 3.05) is 19.6 Å². The maximum absolute atomic E-state index is 12.5. The lowest BCUT2D eigenvalue weighted by Gasteiger charge is -2.19. The molecule has 0 aromatic heterocycles. The molecule has 2 rings (SSSR count). The summed E-state index contributed by atoms with van der Waals surface area (Å²) in [6.07, 6.45) is -0.237. The van der Waals surface area contributed by atoms with Crippen LogP contribution in [-0.2, 0) is 0 Å². The molecule has 22 heavy (non-hydrogen) atoms. The second-order valence-electron chi connectivity index (χ2n) is 6.23. The maximum atomic E-state index is 12.5. The van der Waals surface area contributed by atoms with Crippen LogP contribution in [0.3, 0.4) is 0 Å². The van der Waals surface area contributed by atoms with Gasteiger partial charge in [-0.1, -0.05) is 12.1 Å². The first kappa shape index (κ1) is 16.5. The fourth-order valence-corrected chi connectivity index (χ4v) is 3.64. The van der Waals surface area contributed by atoms with Gasteiger partial charge in [-0.2, -0.15) is 0 Å². The summed E-state index contributed by atoms with van der Waals surface area (Å²) in [4.78, 5) is 35.0. The third kappa shape index (κ3) is 4.08. The minimum absolute atomic E-state index is 0.0575. The molecule has 6 nitrogen and oxygen atoms in total. The molecule has 1 saturated heterocycles. The van der Waals surface area contributed by atoms with Gasteiger partial charge in [0.15, 0.2) is 0 Å². The van der Waals surface area contributed by atoms with Gasteiger partial charge in [-0.15, -0.1) is 0 Å². The van der Waals surface area contributed by atoms with Crippen LogP contribution in [0.25, 0.3) is 0 Å². The molecule has 1 unspecified atom stereocenters. The molecule has 7 heteroatoms. The number of hydrogen-bond donors (Lipinski definition) is 3. The first-order valence-corrected chi connectivity index (χ1v) is 10.3. The van der Waals surface area contributed by atoms with Crippen molar-refractivity contribution in [2.45, 2.75) is 19.5 Å². The average molecular weight is 322 g/mol. The summed E-state index contributed by atoms with van der Waals surface area (Å²) in [6, 6.07) is 7.19. The van der Waals surface area contributed by atoms with Gasteiger partial charge in [-0.05, 0) is 42.8 Å². The van der Waals surface area contributed by atoms with Gasteiger partial charge in [0.1, 0.15) is 0 Å². The summed E-state index contributed by atoms with van der Waals surface area (Å²) in [5.74, 6) is 0.102. The number of rotatable bonds is 4. The van der Waals surface area contributed by atoms with E-state index in [-0.39, 0.29) is 11.8 Å². The van der Waals surface area contributed by atoms with E-state index in [2.05, 4.69) is 5.32 Å². The molecule has 1 atom stereocenters. The minimum atomic E-state index is -2.43. The van der Waals surface area contributed by atoms with Crippen molar-refractivity contribution in [3.8, 4) is 0 Å². The van der Waals surface area contributed by atoms with E-state index in [1.165, 1.54) is 0 Å². The fourth-order valence-electron chi connectivity index (χ4n) is 2.63. The molecule has 120 valence electrons. The molecule has 0 spiro atoms. The van der Waals surface area contributed by atoms with Crippen LogP contribution in [0.1, 0.15) is 16.8 Å². The number of benzene rings is 1. The average Bonchev–Trinajstić information content (AvgIpc) is 2.92. The summed E-state index contributed by atoms with van der Waals surface area (Å²) in [7, 11) is -2.43. The van der Waals surface area contributed by atoms with Gasteiger partial charge >= 0.3 is 6.09 Å². The Bertz CT molecular complexity index is 571. The van der Waals surface area contributed by atoms with E-state index in [4.69, 9.17) is 5.11 Å². The second-order valence-corrected chi connectivity index (χ2v) is 9.93. The standard InChI is InChI=1S/C15H22N2O4Si/c1-22(2,21)13-5-3-4-12(8-13)14(18)17-7-6-11(10-17)9-16-15(19)20/h3-5,8,11,16,21H,6-7,9-10H2,1-2H3,(H,19,20). The van der Waals surface area contributed by atoms with E-state index in [0.717, 1.165) is 11.6 Å². The highest BCUT2D eigenvalue weighted by molar-refractivity contribution is 6.83. The Kier molecular flexibility index (Phi) is 4.87. The van der Waals surface area contributed by atoms with Crippen LogP contribution < -0.4 is 10.5 Å². The molecule has 0 bridgehead atoms.